The third kappa shape index (κ3) is 2.38. The van der Waals surface area contributed by atoms with E-state index in [9.17, 15) is 13.2 Å². The monoisotopic (exact) mass is 280 g/mol. The van der Waals surface area contributed by atoms with Gasteiger partial charge in [-0.25, -0.2) is 0 Å². The van der Waals surface area contributed by atoms with E-state index in [4.69, 9.17) is 0 Å². The molecule has 2 nitrogen and oxygen atoms in total. The van der Waals surface area contributed by atoms with Gasteiger partial charge in [-0.2, -0.15) is 13.2 Å². The number of hydrogen-bond acceptors (Lipinski definition) is 2. The Morgan fingerprint density at radius 2 is 1.70 bits per heavy atom. The second-order valence-corrected chi connectivity index (χ2v) is 5.12. The van der Waals surface area contributed by atoms with Crippen molar-refractivity contribution >= 4 is 10.8 Å². The summed E-state index contributed by atoms with van der Waals surface area (Å²) in [5.41, 5.74) is 0.154. The summed E-state index contributed by atoms with van der Waals surface area (Å²) in [6.45, 7) is 1.78. The van der Waals surface area contributed by atoms with Gasteiger partial charge in [0.1, 0.15) is 0 Å². The highest BCUT2D eigenvalue weighted by molar-refractivity contribution is 5.88. The molecule has 2 heterocycles. The van der Waals surface area contributed by atoms with Crippen LogP contribution < -0.4 is 5.32 Å². The Morgan fingerprint density at radius 3 is 2.35 bits per heavy atom. The lowest BCUT2D eigenvalue weighted by molar-refractivity contribution is -0.136. The van der Waals surface area contributed by atoms with Gasteiger partial charge in [0.05, 0.1) is 11.3 Å². The molecule has 0 unspecified atom stereocenters. The molecular formula is C15H15F3N2. The van der Waals surface area contributed by atoms with Crippen molar-refractivity contribution in [1.82, 2.24) is 10.3 Å². The Kier molecular flexibility index (Phi) is 3.38. The van der Waals surface area contributed by atoms with Crippen molar-refractivity contribution < 1.29 is 13.2 Å². The Balaban J connectivity index is 2.16. The maximum absolute atomic E-state index is 13.0. The van der Waals surface area contributed by atoms with Crippen LogP contribution in [0, 0.1) is 0 Å². The summed E-state index contributed by atoms with van der Waals surface area (Å²) >= 11 is 0. The fourth-order valence-corrected chi connectivity index (χ4v) is 2.86. The average molecular weight is 280 g/mol. The van der Waals surface area contributed by atoms with Crippen LogP contribution in [0.4, 0.5) is 13.2 Å². The van der Waals surface area contributed by atoms with Gasteiger partial charge in [0.25, 0.3) is 0 Å². The van der Waals surface area contributed by atoms with Crippen molar-refractivity contribution in [3.8, 4) is 0 Å². The molecule has 1 aliphatic heterocycles. The molecule has 0 atom stereocenters. The second-order valence-electron chi connectivity index (χ2n) is 5.12. The molecule has 0 spiro atoms. The van der Waals surface area contributed by atoms with Crippen LogP contribution in [0.2, 0.25) is 0 Å². The van der Waals surface area contributed by atoms with Crippen LogP contribution in [0.15, 0.2) is 30.5 Å². The number of fused-ring (bicyclic) bond motifs is 1. The predicted octanol–water partition coefficient (Wildman–Crippen LogP) is 3.72. The van der Waals surface area contributed by atoms with Crippen LogP contribution in [-0.2, 0) is 6.18 Å². The van der Waals surface area contributed by atoms with Crippen LogP contribution in [0.3, 0.4) is 0 Å². The number of nitrogens with zero attached hydrogens (tertiary/aromatic N) is 1. The van der Waals surface area contributed by atoms with Crippen molar-refractivity contribution in [3.05, 3.63) is 41.7 Å². The standard InChI is InChI=1S/C15H15F3N2/c16-15(17,18)13-9-20-14(10-5-7-19-8-6-10)12-4-2-1-3-11(12)13/h1-4,9-10,19H,5-8H2. The molecule has 2 aromatic rings. The Bertz CT molecular complexity index is 616. The summed E-state index contributed by atoms with van der Waals surface area (Å²) < 4.78 is 39.1. The smallest absolute Gasteiger partial charge is 0.317 e. The van der Waals surface area contributed by atoms with E-state index in [-0.39, 0.29) is 11.3 Å². The molecule has 20 heavy (non-hydrogen) atoms. The number of alkyl halides is 3. The summed E-state index contributed by atoms with van der Waals surface area (Å²) in [4.78, 5) is 4.15. The first-order valence-electron chi connectivity index (χ1n) is 6.73. The maximum Gasteiger partial charge on any atom is 0.418 e. The van der Waals surface area contributed by atoms with E-state index in [1.165, 1.54) is 6.07 Å². The number of hydrogen-bond donors (Lipinski definition) is 1. The molecule has 0 radical (unpaired) electrons. The molecule has 0 saturated carbocycles. The van der Waals surface area contributed by atoms with Gasteiger partial charge < -0.3 is 5.32 Å². The number of benzene rings is 1. The van der Waals surface area contributed by atoms with E-state index in [1.54, 1.807) is 18.2 Å². The van der Waals surface area contributed by atoms with Crippen molar-refractivity contribution in [2.75, 3.05) is 13.1 Å². The molecule has 1 saturated heterocycles. The second kappa shape index (κ2) is 5.05. The third-order valence-corrected chi connectivity index (χ3v) is 3.86. The number of rotatable bonds is 1. The van der Waals surface area contributed by atoms with Gasteiger partial charge in [-0.3, -0.25) is 4.98 Å². The summed E-state index contributed by atoms with van der Waals surface area (Å²) in [6.07, 6.45) is -1.54. The number of piperidine rings is 1. The molecule has 3 rings (SSSR count). The molecule has 1 aromatic carbocycles. The van der Waals surface area contributed by atoms with E-state index in [0.29, 0.717) is 5.39 Å². The molecule has 0 bridgehead atoms. The molecule has 1 aliphatic rings. The molecule has 0 amide bonds. The van der Waals surface area contributed by atoms with E-state index < -0.39 is 11.7 Å². The summed E-state index contributed by atoms with van der Waals surface area (Å²) in [7, 11) is 0. The van der Waals surface area contributed by atoms with Crippen LogP contribution in [0.25, 0.3) is 10.8 Å². The number of nitrogens with one attached hydrogen (secondary N) is 1. The number of aromatic nitrogens is 1. The molecule has 106 valence electrons. The highest BCUT2D eigenvalue weighted by atomic mass is 19.4. The van der Waals surface area contributed by atoms with Crippen LogP contribution >= 0.6 is 0 Å². The number of pyridine rings is 1. The molecule has 1 aromatic heterocycles. The van der Waals surface area contributed by atoms with Gasteiger partial charge in [0.15, 0.2) is 0 Å². The summed E-state index contributed by atoms with van der Waals surface area (Å²) in [5, 5.41) is 4.15. The maximum atomic E-state index is 13.0. The highest BCUT2D eigenvalue weighted by Crippen LogP contribution is 2.37. The van der Waals surface area contributed by atoms with Gasteiger partial charge in [-0.05, 0) is 31.3 Å². The minimum absolute atomic E-state index is 0.239. The quantitative estimate of drug-likeness (QED) is 0.861. The molecule has 0 aliphatic carbocycles. The van der Waals surface area contributed by atoms with Crippen molar-refractivity contribution in [3.63, 3.8) is 0 Å². The topological polar surface area (TPSA) is 24.9 Å². The Labute approximate surface area is 115 Å². The van der Waals surface area contributed by atoms with Crippen molar-refractivity contribution in [2.45, 2.75) is 24.9 Å². The zero-order chi connectivity index (χ0) is 14.2. The average Bonchev–Trinajstić information content (AvgIpc) is 2.46. The molecular weight excluding hydrogens is 265 g/mol. The first-order chi connectivity index (χ1) is 9.57. The lowest BCUT2D eigenvalue weighted by atomic mass is 9.90. The van der Waals surface area contributed by atoms with Gasteiger partial charge in [-0.1, -0.05) is 24.3 Å². The van der Waals surface area contributed by atoms with E-state index in [2.05, 4.69) is 10.3 Å². The van der Waals surface area contributed by atoms with Crippen molar-refractivity contribution in [1.29, 1.82) is 0 Å². The van der Waals surface area contributed by atoms with Crippen LogP contribution in [0.1, 0.15) is 30.0 Å². The molecule has 1 fully saturated rings. The largest absolute Gasteiger partial charge is 0.418 e. The lowest BCUT2D eigenvalue weighted by Gasteiger charge is -2.24. The van der Waals surface area contributed by atoms with Crippen molar-refractivity contribution in [2.24, 2.45) is 0 Å². The van der Waals surface area contributed by atoms with E-state index >= 15 is 0 Å². The first-order valence-corrected chi connectivity index (χ1v) is 6.73. The van der Waals surface area contributed by atoms with Crippen LogP contribution in [-0.4, -0.2) is 18.1 Å². The van der Waals surface area contributed by atoms with E-state index in [0.717, 1.165) is 37.8 Å². The third-order valence-electron chi connectivity index (χ3n) is 3.86. The normalized spacial score (nSPS) is 17.6. The molecule has 5 heteroatoms. The summed E-state index contributed by atoms with van der Waals surface area (Å²) in [6, 6.07) is 6.69. The predicted molar refractivity (Wildman–Crippen MR) is 71.6 cm³/mol. The zero-order valence-electron chi connectivity index (χ0n) is 10.9. The fourth-order valence-electron chi connectivity index (χ4n) is 2.86. The lowest BCUT2D eigenvalue weighted by Crippen LogP contribution is -2.27. The molecule has 1 N–H and O–H groups in total. The first kappa shape index (κ1) is 13.4. The van der Waals surface area contributed by atoms with Gasteiger partial charge in [0.2, 0.25) is 0 Å². The van der Waals surface area contributed by atoms with Gasteiger partial charge >= 0.3 is 6.18 Å². The van der Waals surface area contributed by atoms with Gasteiger partial charge in [0, 0.05) is 17.5 Å². The zero-order valence-corrected chi connectivity index (χ0v) is 10.9. The fraction of sp³-hybridized carbons (Fsp3) is 0.400. The Hall–Kier alpha value is -1.62. The minimum atomic E-state index is -4.36. The minimum Gasteiger partial charge on any atom is -0.317 e. The summed E-state index contributed by atoms with van der Waals surface area (Å²) in [5.74, 6) is 0.239. The number of halogens is 3. The highest BCUT2D eigenvalue weighted by Gasteiger charge is 2.34. The van der Waals surface area contributed by atoms with Crippen LogP contribution in [0.5, 0.6) is 0 Å². The van der Waals surface area contributed by atoms with Gasteiger partial charge in [-0.15, -0.1) is 0 Å². The Morgan fingerprint density at radius 1 is 1.05 bits per heavy atom. The SMILES string of the molecule is FC(F)(F)c1cnc(C2CCNCC2)c2ccccc12. The van der Waals surface area contributed by atoms with E-state index in [1.807, 2.05) is 0 Å².